The number of likely N-dealkylation sites (tertiary alicyclic amines) is 1. The Morgan fingerprint density at radius 3 is 2.76 bits per heavy atom. The number of halogens is 6. The Morgan fingerprint density at radius 1 is 1.11 bits per heavy atom. The number of hydrogen-bond acceptors (Lipinski definition) is 10. The van der Waals surface area contributed by atoms with Crippen LogP contribution in [-0.2, 0) is 37.0 Å². The molecule has 0 radical (unpaired) electrons. The molecule has 2 aromatic heterocycles. The molecule has 4 atom stereocenters. The van der Waals surface area contributed by atoms with Gasteiger partial charge in [0.05, 0.1) is 52.5 Å². The summed E-state index contributed by atoms with van der Waals surface area (Å²) in [6, 6.07) is 1.63. The minimum Gasteiger partial charge on any atom is -0.461 e. The number of ether oxygens (including phenoxy) is 2. The fourth-order valence-corrected chi connectivity index (χ4v) is 10.0. The molecule has 296 valence electrons. The van der Waals surface area contributed by atoms with E-state index in [9.17, 15) is 22.4 Å². The minimum absolute atomic E-state index is 0.0229. The molecule has 9 rings (SSSR count). The molecule has 1 unspecified atom stereocenters. The Morgan fingerprint density at radius 2 is 1.96 bits per heavy atom. The molecule has 3 N–H and O–H groups in total. The van der Waals surface area contributed by atoms with Crippen molar-refractivity contribution < 1.29 is 36.2 Å². The van der Waals surface area contributed by atoms with Crippen LogP contribution < -0.4 is 20.7 Å². The second kappa shape index (κ2) is 13.7. The number of fused-ring (bicyclic) bond motifs is 3. The Balaban J connectivity index is 1.05. The number of amides is 1. The Labute approximate surface area is 319 Å². The third-order valence-corrected chi connectivity index (χ3v) is 12.9. The highest BCUT2D eigenvalue weighted by Crippen LogP contribution is 2.44. The predicted octanol–water partition coefficient (Wildman–Crippen LogP) is 5.21. The number of hydrogen-bond donors (Lipinski definition) is 2. The fraction of sp³-hybridized carbons (Fsp3) is 0.622. The zero-order valence-corrected chi connectivity index (χ0v) is 31.0. The number of nitrogens with one attached hydrogen (secondary N) is 1. The van der Waals surface area contributed by atoms with Gasteiger partial charge in [-0.2, -0.15) is 28.2 Å². The van der Waals surface area contributed by atoms with Crippen LogP contribution in [0.3, 0.4) is 0 Å². The molecule has 6 aliphatic rings. The van der Waals surface area contributed by atoms with E-state index >= 15 is 4.39 Å². The van der Waals surface area contributed by atoms with Crippen molar-refractivity contribution in [3.05, 3.63) is 56.7 Å². The molecule has 6 aliphatic heterocycles. The number of nitrogens with two attached hydrogens (primary N) is 1. The average Bonchev–Trinajstić information content (AvgIpc) is 3.97. The summed E-state index contributed by atoms with van der Waals surface area (Å²) in [5.74, 6) is -0.988. The highest BCUT2D eigenvalue weighted by molar-refractivity contribution is 6.34. The lowest BCUT2D eigenvalue weighted by Crippen LogP contribution is -2.43. The van der Waals surface area contributed by atoms with Gasteiger partial charge in [0.2, 0.25) is 0 Å². The average molecular weight is 792 g/mol. The van der Waals surface area contributed by atoms with E-state index in [1.165, 1.54) is 0 Å². The standard InChI is InChI=1S/C37H43ClF5N9O3/c38-29-26-17-49(10-3-12-52(26)48-31(29)33(53)50-13-8-35(19-50)6-1-9-45-35)32-22-18-54-27(28-23(37(41,42)43)4-5-24(44)30(28)40)14-25(22)46-34(47-32)55-20-36-7-2-11-51(36)16-21(39)15-36/h4-5,21,27,45H,1-3,6-20,44H2/t21-,27+,35?,36+/m1/s1. The first-order chi connectivity index (χ1) is 26.3. The van der Waals surface area contributed by atoms with Crippen LogP contribution in [0.5, 0.6) is 6.01 Å². The number of nitrogens with zero attached hydrogens (tertiary/aromatic N) is 7. The number of aryl methyl sites for hydroxylation is 1. The minimum atomic E-state index is -4.86. The van der Waals surface area contributed by atoms with E-state index < -0.39 is 46.6 Å². The number of aromatic nitrogens is 4. The molecule has 1 amide bonds. The van der Waals surface area contributed by atoms with E-state index in [4.69, 9.17) is 36.9 Å². The summed E-state index contributed by atoms with van der Waals surface area (Å²) >= 11 is 6.99. The molecule has 0 saturated carbocycles. The molecule has 12 nitrogen and oxygen atoms in total. The van der Waals surface area contributed by atoms with Crippen molar-refractivity contribution in [2.24, 2.45) is 0 Å². The maximum absolute atomic E-state index is 15.5. The molecule has 4 fully saturated rings. The first kappa shape index (κ1) is 36.8. The quantitative estimate of drug-likeness (QED) is 0.254. The second-order valence-corrected chi connectivity index (χ2v) is 16.3. The van der Waals surface area contributed by atoms with Crippen LogP contribution in [0, 0.1) is 5.82 Å². The van der Waals surface area contributed by atoms with Gasteiger partial charge in [0.1, 0.15) is 18.6 Å². The number of carbonyl (C=O) groups is 1. The van der Waals surface area contributed by atoms with Crippen LogP contribution in [0.15, 0.2) is 12.1 Å². The van der Waals surface area contributed by atoms with E-state index in [1.807, 2.05) is 9.80 Å². The lowest BCUT2D eigenvalue weighted by Gasteiger charge is -2.33. The van der Waals surface area contributed by atoms with Crippen LogP contribution >= 0.6 is 11.6 Å². The van der Waals surface area contributed by atoms with E-state index in [0.29, 0.717) is 68.3 Å². The van der Waals surface area contributed by atoms with Crippen molar-refractivity contribution in [1.29, 1.82) is 0 Å². The van der Waals surface area contributed by atoms with E-state index in [-0.39, 0.29) is 54.4 Å². The molecule has 55 heavy (non-hydrogen) atoms. The molecule has 18 heteroatoms. The van der Waals surface area contributed by atoms with Crippen LogP contribution in [0.2, 0.25) is 5.02 Å². The zero-order valence-electron chi connectivity index (χ0n) is 30.2. The zero-order chi connectivity index (χ0) is 38.3. The van der Waals surface area contributed by atoms with E-state index in [0.717, 1.165) is 57.3 Å². The molecule has 1 spiro atoms. The molecule has 8 heterocycles. The summed E-state index contributed by atoms with van der Waals surface area (Å²) in [7, 11) is 0. The van der Waals surface area contributed by atoms with Gasteiger partial charge in [-0.25, -0.2) is 8.78 Å². The Kier molecular flexibility index (Phi) is 9.17. The highest BCUT2D eigenvalue weighted by Gasteiger charge is 2.50. The van der Waals surface area contributed by atoms with Crippen molar-refractivity contribution in [3.8, 4) is 6.01 Å². The topological polar surface area (TPSA) is 127 Å². The summed E-state index contributed by atoms with van der Waals surface area (Å²) < 4.78 is 86.7. The third kappa shape index (κ3) is 6.48. The highest BCUT2D eigenvalue weighted by atomic mass is 35.5. The number of rotatable bonds is 6. The number of alkyl halides is 4. The fourth-order valence-electron chi connectivity index (χ4n) is 9.77. The number of carbonyl (C=O) groups excluding carboxylic acids is 1. The maximum atomic E-state index is 15.5. The maximum Gasteiger partial charge on any atom is 0.416 e. The smallest absolute Gasteiger partial charge is 0.416 e. The van der Waals surface area contributed by atoms with Gasteiger partial charge in [-0.05, 0) is 63.7 Å². The van der Waals surface area contributed by atoms with Crippen molar-refractivity contribution >= 4 is 29.0 Å². The van der Waals surface area contributed by atoms with Gasteiger partial charge in [0.25, 0.3) is 5.91 Å². The normalized spacial score (nSPS) is 28.1. The van der Waals surface area contributed by atoms with Gasteiger partial charge in [0.15, 0.2) is 11.5 Å². The largest absolute Gasteiger partial charge is 0.461 e. The van der Waals surface area contributed by atoms with Gasteiger partial charge in [-0.3, -0.25) is 14.4 Å². The summed E-state index contributed by atoms with van der Waals surface area (Å²) in [4.78, 5) is 29.2. The van der Waals surface area contributed by atoms with Crippen LogP contribution in [-0.4, -0.2) is 98.6 Å². The third-order valence-electron chi connectivity index (χ3n) is 12.5. The van der Waals surface area contributed by atoms with E-state index in [2.05, 4.69) is 15.2 Å². The van der Waals surface area contributed by atoms with Gasteiger partial charge in [-0.1, -0.05) is 11.6 Å². The lowest BCUT2D eigenvalue weighted by atomic mass is 9.94. The van der Waals surface area contributed by atoms with Crippen molar-refractivity contribution in [2.45, 2.75) is 101 Å². The first-order valence-corrected chi connectivity index (χ1v) is 19.4. The molecular weight excluding hydrogens is 749 g/mol. The van der Waals surface area contributed by atoms with Crippen molar-refractivity contribution in [3.63, 3.8) is 0 Å². The monoisotopic (exact) mass is 791 g/mol. The number of benzene rings is 1. The molecule has 3 aromatic rings. The second-order valence-electron chi connectivity index (χ2n) is 15.9. The summed E-state index contributed by atoms with van der Waals surface area (Å²) in [6.45, 7) is 4.32. The van der Waals surface area contributed by atoms with Gasteiger partial charge in [0, 0.05) is 62.2 Å². The van der Waals surface area contributed by atoms with Gasteiger partial charge >= 0.3 is 12.2 Å². The molecule has 4 saturated heterocycles. The van der Waals surface area contributed by atoms with Crippen LogP contribution in [0.1, 0.15) is 89.6 Å². The van der Waals surface area contributed by atoms with Crippen molar-refractivity contribution in [1.82, 2.24) is 34.9 Å². The SMILES string of the molecule is Nc1ccc(C(F)(F)F)c([C@@H]2Cc3nc(OC[C@@]45CCCN4C[C@H](F)C5)nc(N4CCCn5nc(C(=O)N6CCC7(CCCN7)C6)c(Cl)c5C4)c3CO2)c1F. The predicted molar refractivity (Wildman–Crippen MR) is 191 cm³/mol. The van der Waals surface area contributed by atoms with Gasteiger partial charge < -0.3 is 30.3 Å². The summed E-state index contributed by atoms with van der Waals surface area (Å²) in [5, 5.41) is 8.52. The summed E-state index contributed by atoms with van der Waals surface area (Å²) in [5.41, 5.74) is 4.57. The molecule has 1 aromatic carbocycles. The first-order valence-electron chi connectivity index (χ1n) is 19.1. The molecular formula is C37H43ClF5N9O3. The number of anilines is 2. The molecule has 0 bridgehead atoms. The van der Waals surface area contributed by atoms with E-state index in [1.54, 1.807) is 4.68 Å². The number of nitrogen functional groups attached to an aromatic ring is 1. The summed E-state index contributed by atoms with van der Waals surface area (Å²) in [6.07, 6.45) is -1.86. The van der Waals surface area contributed by atoms with Crippen LogP contribution in [0.4, 0.5) is 33.5 Å². The lowest BCUT2D eigenvalue weighted by molar-refractivity contribution is -0.140. The van der Waals surface area contributed by atoms with Crippen molar-refractivity contribution in [2.75, 3.05) is 56.5 Å². The van der Waals surface area contributed by atoms with Gasteiger partial charge in [-0.15, -0.1) is 0 Å². The Bertz CT molecular complexity index is 2010. The van der Waals surface area contributed by atoms with Crippen LogP contribution in [0.25, 0.3) is 0 Å². The Hall–Kier alpha value is -3.80. The molecule has 0 aliphatic carbocycles.